The van der Waals surface area contributed by atoms with E-state index in [4.69, 9.17) is 6.42 Å². The quantitative estimate of drug-likeness (QED) is 0.766. The summed E-state index contributed by atoms with van der Waals surface area (Å²) in [6, 6.07) is 0. The molecule has 0 aliphatic heterocycles. The van der Waals surface area contributed by atoms with Crippen molar-refractivity contribution in [1.29, 1.82) is 0 Å². The van der Waals surface area contributed by atoms with Crippen molar-refractivity contribution in [1.82, 2.24) is 15.1 Å². The predicted octanol–water partition coefficient (Wildman–Crippen LogP) is 1.88. The van der Waals surface area contributed by atoms with E-state index in [1.165, 1.54) is 11.3 Å². The first-order chi connectivity index (χ1) is 7.56. The third-order valence-electron chi connectivity index (χ3n) is 2.63. The highest BCUT2D eigenvalue weighted by Crippen LogP contribution is 2.12. The van der Waals surface area contributed by atoms with Crippen LogP contribution < -0.4 is 5.32 Å². The minimum absolute atomic E-state index is 0.552. The van der Waals surface area contributed by atoms with Gasteiger partial charge in [0.15, 0.2) is 0 Å². The molecule has 0 unspecified atom stereocenters. The molecule has 0 atom stereocenters. The van der Waals surface area contributed by atoms with E-state index in [-0.39, 0.29) is 0 Å². The molecule has 0 aliphatic rings. The number of nitrogens with zero attached hydrogens (tertiary/aromatic N) is 2. The monoisotopic (exact) mass is 219 g/mol. The van der Waals surface area contributed by atoms with Gasteiger partial charge in [0.2, 0.25) is 0 Å². The molecule has 1 aromatic heterocycles. The molecule has 1 heterocycles. The summed E-state index contributed by atoms with van der Waals surface area (Å²) in [6.45, 7) is 11.0. The first-order valence-electron chi connectivity index (χ1n) is 5.73. The summed E-state index contributed by atoms with van der Waals surface area (Å²) >= 11 is 0. The average Bonchev–Trinajstić information content (AvgIpc) is 2.45. The first kappa shape index (κ1) is 12.8. The Morgan fingerprint density at radius 1 is 1.44 bits per heavy atom. The van der Waals surface area contributed by atoms with Crippen molar-refractivity contribution in [2.75, 3.05) is 6.54 Å². The molecule has 1 N–H and O–H groups in total. The van der Waals surface area contributed by atoms with Crippen LogP contribution in [0.5, 0.6) is 0 Å². The lowest BCUT2D eigenvalue weighted by molar-refractivity contribution is 0.550. The maximum Gasteiger partial charge on any atom is 0.102 e. The van der Waals surface area contributed by atoms with Crippen LogP contribution in [0.25, 0.3) is 0 Å². The van der Waals surface area contributed by atoms with Crippen molar-refractivity contribution < 1.29 is 0 Å². The smallest absolute Gasteiger partial charge is 0.102 e. The lowest BCUT2D eigenvalue weighted by Crippen LogP contribution is -2.19. The van der Waals surface area contributed by atoms with E-state index in [1.54, 1.807) is 0 Å². The largest absolute Gasteiger partial charge is 0.312 e. The number of rotatable bonds is 5. The van der Waals surface area contributed by atoms with Gasteiger partial charge in [0, 0.05) is 17.8 Å². The lowest BCUT2D eigenvalue weighted by Gasteiger charge is -2.07. The van der Waals surface area contributed by atoms with Crippen molar-refractivity contribution in [2.24, 2.45) is 5.92 Å². The fourth-order valence-electron chi connectivity index (χ4n) is 1.72. The van der Waals surface area contributed by atoms with Crippen LogP contribution in [0, 0.1) is 32.1 Å². The normalized spacial score (nSPS) is 10.8. The summed E-state index contributed by atoms with van der Waals surface area (Å²) in [5.41, 5.74) is 3.52. The summed E-state index contributed by atoms with van der Waals surface area (Å²) < 4.78 is 1.89. The molecule has 0 radical (unpaired) electrons. The second-order valence-corrected chi connectivity index (χ2v) is 4.54. The van der Waals surface area contributed by atoms with Gasteiger partial charge in [0.25, 0.3) is 0 Å². The van der Waals surface area contributed by atoms with E-state index in [0.717, 1.165) is 18.8 Å². The van der Waals surface area contributed by atoms with Crippen LogP contribution in [0.3, 0.4) is 0 Å². The van der Waals surface area contributed by atoms with Gasteiger partial charge >= 0.3 is 0 Å². The van der Waals surface area contributed by atoms with Gasteiger partial charge in [-0.2, -0.15) is 5.10 Å². The molecule has 0 aliphatic carbocycles. The molecule has 0 saturated carbocycles. The number of aryl methyl sites for hydroxylation is 1. The molecule has 0 amide bonds. The van der Waals surface area contributed by atoms with Crippen molar-refractivity contribution in [3.63, 3.8) is 0 Å². The van der Waals surface area contributed by atoms with E-state index in [2.05, 4.69) is 37.1 Å². The van der Waals surface area contributed by atoms with Crippen molar-refractivity contribution in [3.05, 3.63) is 17.0 Å². The standard InChI is InChI=1S/C13H21N3/c1-6-7-16-12(5)13(11(4)15-16)9-14-8-10(2)3/h1,10,14H,7-9H2,2-5H3. The van der Waals surface area contributed by atoms with Gasteiger partial charge in [-0.1, -0.05) is 19.8 Å². The molecule has 3 nitrogen and oxygen atoms in total. The topological polar surface area (TPSA) is 29.9 Å². The maximum absolute atomic E-state index is 5.30. The molecule has 16 heavy (non-hydrogen) atoms. The molecule has 0 spiro atoms. The number of aromatic nitrogens is 2. The van der Waals surface area contributed by atoms with Gasteiger partial charge < -0.3 is 5.32 Å². The Bertz CT molecular complexity index is 383. The van der Waals surface area contributed by atoms with Crippen LogP contribution in [-0.2, 0) is 13.1 Å². The van der Waals surface area contributed by atoms with E-state index >= 15 is 0 Å². The predicted molar refractivity (Wildman–Crippen MR) is 67.1 cm³/mol. The Morgan fingerprint density at radius 2 is 2.12 bits per heavy atom. The summed E-state index contributed by atoms with van der Waals surface area (Å²) in [4.78, 5) is 0. The van der Waals surface area contributed by atoms with Gasteiger partial charge in [0.05, 0.1) is 5.69 Å². The molecule has 0 bridgehead atoms. The molecular weight excluding hydrogens is 198 g/mol. The van der Waals surface area contributed by atoms with Crippen LogP contribution in [0.15, 0.2) is 0 Å². The molecule has 0 fully saturated rings. The van der Waals surface area contributed by atoms with Crippen LogP contribution in [0.4, 0.5) is 0 Å². The lowest BCUT2D eigenvalue weighted by atomic mass is 10.2. The summed E-state index contributed by atoms with van der Waals surface area (Å²) in [5.74, 6) is 3.29. The van der Waals surface area contributed by atoms with Gasteiger partial charge in [-0.25, -0.2) is 0 Å². The van der Waals surface area contributed by atoms with Crippen molar-refractivity contribution in [3.8, 4) is 12.3 Å². The summed E-state index contributed by atoms with van der Waals surface area (Å²) in [6.07, 6.45) is 5.30. The minimum Gasteiger partial charge on any atom is -0.312 e. The Balaban J connectivity index is 2.69. The zero-order valence-corrected chi connectivity index (χ0v) is 10.7. The fourth-order valence-corrected chi connectivity index (χ4v) is 1.72. The number of nitrogens with one attached hydrogen (secondary N) is 1. The average molecular weight is 219 g/mol. The Hall–Kier alpha value is -1.27. The molecule has 3 heteroatoms. The van der Waals surface area contributed by atoms with E-state index in [1.807, 2.05) is 11.6 Å². The maximum atomic E-state index is 5.30. The number of hydrogen-bond donors (Lipinski definition) is 1. The van der Waals surface area contributed by atoms with E-state index < -0.39 is 0 Å². The Morgan fingerprint density at radius 3 is 2.69 bits per heavy atom. The second-order valence-electron chi connectivity index (χ2n) is 4.54. The zero-order chi connectivity index (χ0) is 12.1. The van der Waals surface area contributed by atoms with E-state index in [0.29, 0.717) is 12.5 Å². The third kappa shape index (κ3) is 3.11. The van der Waals surface area contributed by atoms with Crippen LogP contribution >= 0.6 is 0 Å². The number of hydrogen-bond acceptors (Lipinski definition) is 2. The molecule has 0 aromatic carbocycles. The molecule has 1 aromatic rings. The van der Waals surface area contributed by atoms with E-state index in [9.17, 15) is 0 Å². The fraction of sp³-hybridized carbons (Fsp3) is 0.615. The first-order valence-corrected chi connectivity index (χ1v) is 5.73. The second kappa shape index (κ2) is 5.72. The SMILES string of the molecule is C#CCn1nc(C)c(CNCC(C)C)c1C. The van der Waals surface area contributed by atoms with Crippen LogP contribution in [0.1, 0.15) is 30.8 Å². The van der Waals surface area contributed by atoms with Gasteiger partial charge in [-0.3, -0.25) is 4.68 Å². The molecular formula is C13H21N3. The third-order valence-corrected chi connectivity index (χ3v) is 2.63. The summed E-state index contributed by atoms with van der Waals surface area (Å²) in [5, 5.41) is 7.87. The van der Waals surface area contributed by atoms with Crippen molar-refractivity contribution >= 4 is 0 Å². The molecule has 1 rings (SSSR count). The van der Waals surface area contributed by atoms with Crippen LogP contribution in [0.2, 0.25) is 0 Å². The van der Waals surface area contributed by atoms with Crippen LogP contribution in [-0.4, -0.2) is 16.3 Å². The molecule has 0 saturated heterocycles. The van der Waals surface area contributed by atoms with Gasteiger partial charge in [-0.15, -0.1) is 6.42 Å². The van der Waals surface area contributed by atoms with Gasteiger partial charge in [0.1, 0.15) is 6.54 Å². The van der Waals surface area contributed by atoms with Crippen molar-refractivity contribution in [2.45, 2.75) is 40.8 Å². The zero-order valence-electron chi connectivity index (χ0n) is 10.7. The highest BCUT2D eigenvalue weighted by molar-refractivity contribution is 5.24. The highest BCUT2D eigenvalue weighted by Gasteiger charge is 2.10. The Kier molecular flexibility index (Phi) is 4.57. The highest BCUT2D eigenvalue weighted by atomic mass is 15.3. The number of terminal acetylenes is 1. The van der Waals surface area contributed by atoms with Gasteiger partial charge in [-0.05, 0) is 26.3 Å². The molecule has 88 valence electrons. The minimum atomic E-state index is 0.552. The summed E-state index contributed by atoms with van der Waals surface area (Å²) in [7, 11) is 0. The Labute approximate surface area is 98.2 Å².